The van der Waals surface area contributed by atoms with Gasteiger partial charge in [-0.05, 0) is 13.0 Å². The molecule has 0 radical (unpaired) electrons. The summed E-state index contributed by atoms with van der Waals surface area (Å²) in [5.74, 6) is 0.153. The van der Waals surface area contributed by atoms with E-state index in [0.717, 1.165) is 5.56 Å². The van der Waals surface area contributed by atoms with Gasteiger partial charge in [-0.3, -0.25) is 0 Å². The minimum atomic E-state index is -0.891. The molecule has 0 aliphatic carbocycles. The maximum Gasteiger partial charge on any atom is 0.411 e. The normalized spacial score (nSPS) is 9.40. The fourth-order valence-electron chi connectivity index (χ4n) is 0.536. The van der Waals surface area contributed by atoms with Gasteiger partial charge in [0.15, 0.2) is 0 Å². The molecule has 4 heteroatoms. The molecule has 0 saturated heterocycles. The third kappa shape index (κ3) is 1.51. The van der Waals surface area contributed by atoms with Crippen LogP contribution in [-0.2, 0) is 0 Å². The monoisotopic (exact) mass is 160 g/mol. The minimum Gasteiger partial charge on any atom is -0.434 e. The van der Waals surface area contributed by atoms with Crippen molar-refractivity contribution in [1.29, 1.82) is 0 Å². The summed E-state index contributed by atoms with van der Waals surface area (Å²) in [6.07, 6.45) is 1.42. The van der Waals surface area contributed by atoms with Crippen LogP contribution in [0.3, 0.4) is 0 Å². The van der Waals surface area contributed by atoms with Crippen molar-refractivity contribution in [3.8, 4) is 5.95 Å². The summed E-state index contributed by atoms with van der Waals surface area (Å²) in [7, 11) is 0. The van der Waals surface area contributed by atoms with Gasteiger partial charge in [0, 0.05) is 17.2 Å². The number of rotatable bonds is 1. The Morgan fingerprint density at radius 3 is 2.90 bits per heavy atom. The van der Waals surface area contributed by atoms with Crippen LogP contribution in [0.5, 0.6) is 5.95 Å². The zero-order valence-corrected chi connectivity index (χ0v) is 6.01. The van der Waals surface area contributed by atoms with Crippen molar-refractivity contribution >= 4 is 17.0 Å². The predicted molar refractivity (Wildman–Crippen MR) is 35.3 cm³/mol. The summed E-state index contributed by atoms with van der Waals surface area (Å²) < 4.78 is 9.19. The number of hydrogen-bond acceptors (Lipinski definition) is 3. The van der Waals surface area contributed by atoms with Gasteiger partial charge in [-0.1, -0.05) is 0 Å². The second-order valence-electron chi connectivity index (χ2n) is 1.73. The lowest BCUT2D eigenvalue weighted by molar-refractivity contribution is 0.212. The summed E-state index contributed by atoms with van der Waals surface area (Å²) >= 11 is 4.92. The molecule has 0 aliphatic rings. The fourth-order valence-corrected chi connectivity index (χ4v) is 0.606. The average molecular weight is 161 g/mol. The van der Waals surface area contributed by atoms with Crippen LogP contribution >= 0.6 is 11.6 Å². The maximum absolute atomic E-state index is 10.1. The first-order valence-corrected chi connectivity index (χ1v) is 2.99. The first-order chi connectivity index (χ1) is 4.70. The van der Waals surface area contributed by atoms with Crippen LogP contribution in [0, 0.1) is 6.92 Å². The molecule has 0 amide bonds. The molecule has 1 aromatic heterocycles. The molecule has 0 fully saturated rings. The number of halogens is 1. The third-order valence-electron chi connectivity index (χ3n) is 0.988. The lowest BCUT2D eigenvalue weighted by Crippen LogP contribution is -1.95. The zero-order chi connectivity index (χ0) is 7.56. The molecule has 0 bridgehead atoms. The number of aryl methyl sites for hydroxylation is 1. The summed E-state index contributed by atoms with van der Waals surface area (Å²) in [6.45, 7) is 1.75. The first kappa shape index (κ1) is 7.15. The van der Waals surface area contributed by atoms with Crippen LogP contribution in [0.25, 0.3) is 0 Å². The van der Waals surface area contributed by atoms with E-state index in [1.165, 1.54) is 6.26 Å². The molecule has 3 nitrogen and oxygen atoms in total. The van der Waals surface area contributed by atoms with Gasteiger partial charge in [0.05, 0.1) is 6.26 Å². The Hall–Kier alpha value is -0.960. The van der Waals surface area contributed by atoms with E-state index >= 15 is 0 Å². The highest BCUT2D eigenvalue weighted by Gasteiger charge is 2.05. The third-order valence-corrected chi connectivity index (χ3v) is 1.07. The van der Waals surface area contributed by atoms with Crippen molar-refractivity contribution < 1.29 is 13.9 Å². The van der Waals surface area contributed by atoms with Crippen LogP contribution < -0.4 is 4.74 Å². The molecule has 1 aromatic rings. The van der Waals surface area contributed by atoms with Gasteiger partial charge in [-0.25, -0.2) is 4.79 Å². The standard InChI is InChI=1S/C6H5ClO3/c1-4-2-3-9-5(4)10-6(7)8/h2-3H,1H3. The molecule has 54 valence electrons. The highest BCUT2D eigenvalue weighted by molar-refractivity contribution is 6.61. The number of carbonyl (C=O) groups is 1. The average Bonchev–Trinajstić information content (AvgIpc) is 2.15. The van der Waals surface area contributed by atoms with E-state index in [2.05, 4.69) is 4.74 Å². The summed E-state index contributed by atoms with van der Waals surface area (Å²) in [6, 6.07) is 1.68. The molecule has 0 saturated carbocycles. The van der Waals surface area contributed by atoms with Crippen molar-refractivity contribution in [3.63, 3.8) is 0 Å². The lowest BCUT2D eigenvalue weighted by Gasteiger charge is -1.92. The van der Waals surface area contributed by atoms with E-state index in [9.17, 15) is 4.79 Å². The van der Waals surface area contributed by atoms with Gasteiger partial charge < -0.3 is 9.15 Å². The van der Waals surface area contributed by atoms with Gasteiger partial charge in [-0.2, -0.15) is 0 Å². The number of furan rings is 1. The number of hydrogen-bond donors (Lipinski definition) is 0. The summed E-state index contributed by atoms with van der Waals surface area (Å²) in [5.41, 5.74) is -0.146. The molecule has 1 rings (SSSR count). The topological polar surface area (TPSA) is 39.4 Å². The van der Waals surface area contributed by atoms with Crippen molar-refractivity contribution in [2.24, 2.45) is 0 Å². The SMILES string of the molecule is Cc1ccoc1OC(=O)Cl. The fraction of sp³-hybridized carbons (Fsp3) is 0.167. The first-order valence-electron chi connectivity index (χ1n) is 2.61. The molecule has 0 aliphatic heterocycles. The Balaban J connectivity index is 2.74. The van der Waals surface area contributed by atoms with Crippen LogP contribution in [0.1, 0.15) is 5.56 Å². The number of ether oxygens (including phenoxy) is 1. The second-order valence-corrected chi connectivity index (χ2v) is 2.04. The Morgan fingerprint density at radius 2 is 2.50 bits per heavy atom. The molecular formula is C6H5ClO3. The molecule has 0 atom stereocenters. The van der Waals surface area contributed by atoms with Crippen LogP contribution in [0.2, 0.25) is 0 Å². The van der Waals surface area contributed by atoms with E-state index in [1.54, 1.807) is 13.0 Å². The summed E-state index contributed by atoms with van der Waals surface area (Å²) in [4.78, 5) is 10.1. The van der Waals surface area contributed by atoms with Crippen molar-refractivity contribution in [2.45, 2.75) is 6.92 Å². The molecule has 0 aromatic carbocycles. The largest absolute Gasteiger partial charge is 0.434 e. The Kier molecular flexibility index (Phi) is 1.97. The molecule has 0 N–H and O–H groups in total. The Labute approximate surface area is 62.5 Å². The van der Waals surface area contributed by atoms with E-state index in [-0.39, 0.29) is 5.95 Å². The van der Waals surface area contributed by atoms with Crippen molar-refractivity contribution in [2.75, 3.05) is 0 Å². The Morgan fingerprint density at radius 1 is 1.80 bits per heavy atom. The number of carbonyl (C=O) groups excluding carboxylic acids is 1. The molecule has 0 spiro atoms. The second kappa shape index (κ2) is 2.75. The lowest BCUT2D eigenvalue weighted by atomic mass is 10.4. The van der Waals surface area contributed by atoms with Gasteiger partial charge in [-0.15, -0.1) is 0 Å². The minimum absolute atomic E-state index is 0.153. The molecule has 0 unspecified atom stereocenters. The highest BCUT2D eigenvalue weighted by Crippen LogP contribution is 2.18. The van der Waals surface area contributed by atoms with Crippen molar-refractivity contribution in [3.05, 3.63) is 17.9 Å². The van der Waals surface area contributed by atoms with E-state index in [4.69, 9.17) is 16.0 Å². The predicted octanol–water partition coefficient (Wildman–Crippen LogP) is 2.33. The van der Waals surface area contributed by atoms with E-state index in [0.29, 0.717) is 0 Å². The van der Waals surface area contributed by atoms with Crippen LogP contribution in [0.15, 0.2) is 16.7 Å². The molecule has 10 heavy (non-hydrogen) atoms. The van der Waals surface area contributed by atoms with Crippen molar-refractivity contribution in [1.82, 2.24) is 0 Å². The highest BCUT2D eigenvalue weighted by atomic mass is 35.5. The Bertz CT molecular complexity index is 241. The zero-order valence-electron chi connectivity index (χ0n) is 5.26. The van der Waals surface area contributed by atoms with Gasteiger partial charge in [0.1, 0.15) is 0 Å². The molecule has 1 heterocycles. The van der Waals surface area contributed by atoms with Crippen LogP contribution in [0.4, 0.5) is 4.79 Å². The van der Waals surface area contributed by atoms with E-state index in [1.807, 2.05) is 0 Å². The van der Waals surface area contributed by atoms with Crippen LogP contribution in [-0.4, -0.2) is 5.43 Å². The maximum atomic E-state index is 10.1. The summed E-state index contributed by atoms with van der Waals surface area (Å²) in [5, 5.41) is 0. The van der Waals surface area contributed by atoms with Gasteiger partial charge in [0.25, 0.3) is 5.95 Å². The van der Waals surface area contributed by atoms with Gasteiger partial charge >= 0.3 is 5.43 Å². The quantitative estimate of drug-likeness (QED) is 0.592. The molecular weight excluding hydrogens is 156 g/mol. The smallest absolute Gasteiger partial charge is 0.411 e. The van der Waals surface area contributed by atoms with Gasteiger partial charge in [0.2, 0.25) is 0 Å². The van der Waals surface area contributed by atoms with E-state index < -0.39 is 5.43 Å².